The van der Waals surface area contributed by atoms with Gasteiger partial charge in [0.15, 0.2) is 0 Å². The Morgan fingerprint density at radius 3 is 2.68 bits per heavy atom. The lowest BCUT2D eigenvalue weighted by Crippen LogP contribution is -2.38. The zero-order valence-corrected chi connectivity index (χ0v) is 12.1. The Bertz CT molecular complexity index is 481. The van der Waals surface area contributed by atoms with Crippen molar-refractivity contribution < 1.29 is 13.2 Å². The summed E-state index contributed by atoms with van der Waals surface area (Å²) in [4.78, 5) is 14.9. The summed E-state index contributed by atoms with van der Waals surface area (Å²) in [5, 5.41) is 5.26. The van der Waals surface area contributed by atoms with Crippen molar-refractivity contribution in [1.82, 2.24) is 20.3 Å². The van der Waals surface area contributed by atoms with Crippen molar-refractivity contribution in [2.75, 3.05) is 26.7 Å². The van der Waals surface area contributed by atoms with E-state index in [2.05, 4.69) is 20.3 Å². The van der Waals surface area contributed by atoms with E-state index in [9.17, 15) is 13.2 Å². The van der Waals surface area contributed by atoms with Crippen LogP contribution < -0.4 is 15.4 Å². The minimum Gasteiger partial charge on any atom is -0.354 e. The molecule has 0 aromatic carbocycles. The van der Waals surface area contributed by atoms with Crippen molar-refractivity contribution in [3.63, 3.8) is 0 Å². The number of sulfonamides is 1. The zero-order valence-electron chi connectivity index (χ0n) is 10.4. The second-order valence-corrected chi connectivity index (χ2v) is 5.23. The summed E-state index contributed by atoms with van der Waals surface area (Å²) in [6, 6.07) is 3.00. The smallest absolute Gasteiger partial charge is 0.242 e. The van der Waals surface area contributed by atoms with Gasteiger partial charge < -0.3 is 10.6 Å². The van der Waals surface area contributed by atoms with E-state index in [1.807, 2.05) is 0 Å². The third kappa shape index (κ3) is 6.48. The van der Waals surface area contributed by atoms with Gasteiger partial charge in [0.1, 0.15) is 4.90 Å². The third-order valence-corrected chi connectivity index (χ3v) is 3.47. The zero-order chi connectivity index (χ0) is 13.4. The number of aromatic nitrogens is 1. The molecule has 19 heavy (non-hydrogen) atoms. The van der Waals surface area contributed by atoms with Gasteiger partial charge in [-0.2, -0.15) is 0 Å². The van der Waals surface area contributed by atoms with Crippen LogP contribution >= 0.6 is 12.4 Å². The van der Waals surface area contributed by atoms with Gasteiger partial charge >= 0.3 is 0 Å². The van der Waals surface area contributed by atoms with Gasteiger partial charge in [-0.05, 0) is 19.2 Å². The maximum Gasteiger partial charge on any atom is 0.242 e. The van der Waals surface area contributed by atoms with Crippen LogP contribution in [0.15, 0.2) is 29.4 Å². The van der Waals surface area contributed by atoms with E-state index in [1.165, 1.54) is 18.5 Å². The Balaban J connectivity index is 0.00000324. The number of carbonyl (C=O) groups is 1. The maximum atomic E-state index is 11.7. The van der Waals surface area contributed by atoms with E-state index in [1.54, 1.807) is 13.1 Å². The number of likely N-dealkylation sites (N-methyl/N-ethyl adjacent to an activating group) is 1. The van der Waals surface area contributed by atoms with Crippen LogP contribution in [0.4, 0.5) is 0 Å². The number of pyridine rings is 1. The van der Waals surface area contributed by atoms with Crippen LogP contribution in [-0.4, -0.2) is 46.0 Å². The summed E-state index contributed by atoms with van der Waals surface area (Å²) in [5.74, 6) is -0.182. The lowest BCUT2D eigenvalue weighted by molar-refractivity contribution is -0.120. The highest BCUT2D eigenvalue weighted by molar-refractivity contribution is 7.89. The first-order chi connectivity index (χ1) is 8.56. The van der Waals surface area contributed by atoms with E-state index in [0.29, 0.717) is 0 Å². The highest BCUT2D eigenvalue weighted by Crippen LogP contribution is 2.04. The lowest BCUT2D eigenvalue weighted by atomic mass is 10.5. The van der Waals surface area contributed by atoms with Crippen molar-refractivity contribution in [3.8, 4) is 0 Å². The number of nitrogens with zero attached hydrogens (tertiary/aromatic N) is 1. The van der Waals surface area contributed by atoms with Crippen LogP contribution in [0.25, 0.3) is 0 Å². The molecule has 0 atom stereocenters. The molecule has 0 fully saturated rings. The van der Waals surface area contributed by atoms with Crippen LogP contribution in [0, 0.1) is 0 Å². The number of halogens is 1. The fourth-order valence-corrected chi connectivity index (χ4v) is 2.19. The van der Waals surface area contributed by atoms with Crippen LogP contribution in [0.5, 0.6) is 0 Å². The van der Waals surface area contributed by atoms with E-state index >= 15 is 0 Å². The lowest BCUT2D eigenvalue weighted by Gasteiger charge is -2.07. The highest BCUT2D eigenvalue weighted by Gasteiger charge is 2.12. The van der Waals surface area contributed by atoms with E-state index in [0.717, 1.165) is 0 Å². The molecule has 1 heterocycles. The van der Waals surface area contributed by atoms with Crippen molar-refractivity contribution in [2.45, 2.75) is 4.90 Å². The van der Waals surface area contributed by atoms with Crippen molar-refractivity contribution in [3.05, 3.63) is 24.5 Å². The molecule has 9 heteroatoms. The molecule has 1 amide bonds. The quantitative estimate of drug-likeness (QED) is 0.568. The first kappa shape index (κ1) is 17.8. The molecule has 0 saturated heterocycles. The monoisotopic (exact) mass is 308 g/mol. The van der Waals surface area contributed by atoms with Gasteiger partial charge in [0, 0.05) is 25.5 Å². The van der Waals surface area contributed by atoms with Gasteiger partial charge in [-0.25, -0.2) is 13.1 Å². The summed E-state index contributed by atoms with van der Waals surface area (Å²) in [6.45, 7) is 0.571. The summed E-state index contributed by atoms with van der Waals surface area (Å²) < 4.78 is 25.8. The van der Waals surface area contributed by atoms with E-state index < -0.39 is 10.0 Å². The Labute approximate surface area is 118 Å². The molecule has 0 bridgehead atoms. The van der Waals surface area contributed by atoms with Gasteiger partial charge in [0.2, 0.25) is 15.9 Å². The molecule has 7 nitrogen and oxygen atoms in total. The molecule has 0 aliphatic heterocycles. The number of carbonyl (C=O) groups excluding carboxylic acids is 1. The molecule has 0 aliphatic rings. The van der Waals surface area contributed by atoms with Gasteiger partial charge in [-0.3, -0.25) is 9.78 Å². The molecule has 0 unspecified atom stereocenters. The number of nitrogens with one attached hydrogen (secondary N) is 3. The van der Waals surface area contributed by atoms with Crippen LogP contribution in [0.2, 0.25) is 0 Å². The molecule has 108 valence electrons. The van der Waals surface area contributed by atoms with Gasteiger partial charge in [-0.1, -0.05) is 0 Å². The minimum absolute atomic E-state index is 0. The summed E-state index contributed by atoms with van der Waals surface area (Å²) in [5.41, 5.74) is 0. The van der Waals surface area contributed by atoms with Gasteiger partial charge in [-0.15, -0.1) is 12.4 Å². The van der Waals surface area contributed by atoms with Crippen LogP contribution in [0.3, 0.4) is 0 Å². The Morgan fingerprint density at radius 1 is 1.37 bits per heavy atom. The molecule has 1 aromatic rings. The average molecular weight is 309 g/mol. The topological polar surface area (TPSA) is 100 Å². The molecular weight excluding hydrogens is 292 g/mol. The predicted octanol–water partition coefficient (Wildman–Crippen LogP) is -0.883. The fraction of sp³-hybridized carbons (Fsp3) is 0.400. The Kier molecular flexibility index (Phi) is 8.24. The predicted molar refractivity (Wildman–Crippen MR) is 73.6 cm³/mol. The van der Waals surface area contributed by atoms with Crippen molar-refractivity contribution in [2.24, 2.45) is 0 Å². The molecule has 0 spiro atoms. The normalized spacial score (nSPS) is 10.6. The summed E-state index contributed by atoms with van der Waals surface area (Å²) in [7, 11) is -1.89. The van der Waals surface area contributed by atoms with E-state index in [-0.39, 0.29) is 42.8 Å². The number of amides is 1. The van der Waals surface area contributed by atoms with Crippen LogP contribution in [0.1, 0.15) is 0 Å². The van der Waals surface area contributed by atoms with Crippen molar-refractivity contribution >= 4 is 28.3 Å². The van der Waals surface area contributed by atoms with Crippen molar-refractivity contribution in [1.29, 1.82) is 0 Å². The van der Waals surface area contributed by atoms with Crippen LogP contribution in [-0.2, 0) is 14.8 Å². The molecule has 0 saturated carbocycles. The molecule has 1 aromatic heterocycles. The first-order valence-corrected chi connectivity index (χ1v) is 6.85. The Morgan fingerprint density at radius 2 is 2.11 bits per heavy atom. The number of rotatable bonds is 7. The minimum atomic E-state index is -3.55. The largest absolute Gasteiger partial charge is 0.354 e. The fourth-order valence-electron chi connectivity index (χ4n) is 1.20. The SMILES string of the molecule is CNCC(=O)NCCNS(=O)(=O)c1cccnc1.Cl. The summed E-state index contributed by atoms with van der Waals surface area (Å²) in [6.07, 6.45) is 2.76. The molecule has 0 aliphatic carbocycles. The Hall–Kier alpha value is -1.22. The molecule has 1 rings (SSSR count). The average Bonchev–Trinajstić information content (AvgIpc) is 2.36. The second kappa shape index (κ2) is 8.81. The highest BCUT2D eigenvalue weighted by atomic mass is 35.5. The van der Waals surface area contributed by atoms with Gasteiger partial charge in [0.25, 0.3) is 0 Å². The number of hydrogen-bond acceptors (Lipinski definition) is 5. The maximum absolute atomic E-state index is 11.7. The van der Waals surface area contributed by atoms with E-state index in [4.69, 9.17) is 0 Å². The first-order valence-electron chi connectivity index (χ1n) is 5.37. The summed E-state index contributed by atoms with van der Waals surface area (Å²) >= 11 is 0. The van der Waals surface area contributed by atoms with Gasteiger partial charge in [0.05, 0.1) is 6.54 Å². The second-order valence-electron chi connectivity index (χ2n) is 3.47. The standard InChI is InChI=1S/C10H16N4O3S.ClH/c1-11-8-10(15)13-5-6-14-18(16,17)9-3-2-4-12-7-9;/h2-4,7,11,14H,5-6,8H2,1H3,(H,13,15);1H. The third-order valence-electron chi connectivity index (χ3n) is 2.02. The molecule has 3 N–H and O–H groups in total. The molecular formula is C10H17ClN4O3S. The number of hydrogen-bond donors (Lipinski definition) is 3. The molecule has 0 radical (unpaired) electrons.